The average molecular weight is 273 g/mol. The standard InChI is InChI=1S/C11H10Cl2N2S/c1-6(2)8-4-10(13)15-11(14-8)9-3-7(12)5-16-9/h3-6H,1-2H3. The number of hydrogen-bond donors (Lipinski definition) is 0. The van der Waals surface area contributed by atoms with Crippen LogP contribution in [0, 0.1) is 0 Å². The van der Waals surface area contributed by atoms with E-state index in [1.807, 2.05) is 11.4 Å². The van der Waals surface area contributed by atoms with Crippen LogP contribution >= 0.6 is 34.5 Å². The van der Waals surface area contributed by atoms with E-state index in [-0.39, 0.29) is 0 Å². The molecule has 0 aliphatic heterocycles. The minimum atomic E-state index is 0.328. The van der Waals surface area contributed by atoms with E-state index in [2.05, 4.69) is 23.8 Å². The smallest absolute Gasteiger partial charge is 0.171 e. The van der Waals surface area contributed by atoms with Crippen molar-refractivity contribution in [2.45, 2.75) is 19.8 Å². The molecule has 2 rings (SSSR count). The van der Waals surface area contributed by atoms with Gasteiger partial charge in [0.25, 0.3) is 0 Å². The third kappa shape index (κ3) is 2.54. The summed E-state index contributed by atoms with van der Waals surface area (Å²) in [6.07, 6.45) is 0. The van der Waals surface area contributed by atoms with Crippen molar-refractivity contribution < 1.29 is 0 Å². The molecule has 5 heteroatoms. The number of nitrogens with zero attached hydrogens (tertiary/aromatic N) is 2. The first-order valence-corrected chi connectivity index (χ1v) is 6.48. The molecule has 2 heterocycles. The first kappa shape index (κ1) is 11.8. The fourth-order valence-corrected chi connectivity index (χ4v) is 2.47. The number of aromatic nitrogens is 2. The Morgan fingerprint density at radius 1 is 1.19 bits per heavy atom. The molecular weight excluding hydrogens is 263 g/mol. The molecule has 0 saturated carbocycles. The van der Waals surface area contributed by atoms with Crippen molar-refractivity contribution in [3.05, 3.63) is 33.4 Å². The van der Waals surface area contributed by atoms with Gasteiger partial charge in [0.2, 0.25) is 0 Å². The van der Waals surface area contributed by atoms with Crippen molar-refractivity contribution in [3.63, 3.8) is 0 Å². The molecule has 0 radical (unpaired) electrons. The summed E-state index contributed by atoms with van der Waals surface area (Å²) in [4.78, 5) is 9.62. The molecule has 16 heavy (non-hydrogen) atoms. The first-order valence-electron chi connectivity index (χ1n) is 4.85. The Labute approximate surface area is 108 Å². The molecule has 0 atom stereocenters. The summed E-state index contributed by atoms with van der Waals surface area (Å²) in [6.45, 7) is 4.15. The van der Waals surface area contributed by atoms with Crippen molar-refractivity contribution in [2.24, 2.45) is 0 Å². The lowest BCUT2D eigenvalue weighted by Gasteiger charge is -2.06. The SMILES string of the molecule is CC(C)c1cc(Cl)nc(-c2cc(Cl)cs2)n1. The van der Waals surface area contributed by atoms with Gasteiger partial charge in [-0.1, -0.05) is 37.0 Å². The maximum Gasteiger partial charge on any atom is 0.171 e. The van der Waals surface area contributed by atoms with E-state index in [4.69, 9.17) is 23.2 Å². The van der Waals surface area contributed by atoms with Crippen LogP contribution in [0.4, 0.5) is 0 Å². The van der Waals surface area contributed by atoms with Gasteiger partial charge in [-0.25, -0.2) is 9.97 Å². The maximum atomic E-state index is 5.97. The van der Waals surface area contributed by atoms with Gasteiger partial charge < -0.3 is 0 Å². The summed E-state index contributed by atoms with van der Waals surface area (Å²) in [5, 5.41) is 3.03. The lowest BCUT2D eigenvalue weighted by atomic mass is 10.1. The Morgan fingerprint density at radius 2 is 1.94 bits per heavy atom. The first-order chi connectivity index (χ1) is 7.56. The highest BCUT2D eigenvalue weighted by atomic mass is 35.5. The number of hydrogen-bond acceptors (Lipinski definition) is 3. The highest BCUT2D eigenvalue weighted by molar-refractivity contribution is 7.14. The Bertz CT molecular complexity index is 508. The molecule has 2 nitrogen and oxygen atoms in total. The van der Waals surface area contributed by atoms with Gasteiger partial charge in [-0.05, 0) is 18.1 Å². The molecule has 2 aromatic rings. The summed E-state index contributed by atoms with van der Waals surface area (Å²) in [5.41, 5.74) is 0.944. The highest BCUT2D eigenvalue weighted by Crippen LogP contribution is 2.29. The zero-order valence-electron chi connectivity index (χ0n) is 8.87. The second-order valence-electron chi connectivity index (χ2n) is 3.72. The second-order valence-corrected chi connectivity index (χ2v) is 5.46. The van der Waals surface area contributed by atoms with Crippen LogP contribution in [0.25, 0.3) is 10.7 Å². The quantitative estimate of drug-likeness (QED) is 0.745. The van der Waals surface area contributed by atoms with Crippen LogP contribution in [0.3, 0.4) is 0 Å². The zero-order valence-corrected chi connectivity index (χ0v) is 11.2. The van der Waals surface area contributed by atoms with Crippen LogP contribution in [-0.2, 0) is 0 Å². The van der Waals surface area contributed by atoms with Crippen LogP contribution in [-0.4, -0.2) is 9.97 Å². The van der Waals surface area contributed by atoms with Crippen LogP contribution in [0.1, 0.15) is 25.5 Å². The molecular formula is C11H10Cl2N2S. The van der Waals surface area contributed by atoms with Crippen molar-refractivity contribution in [3.8, 4) is 10.7 Å². The summed E-state index contributed by atoms with van der Waals surface area (Å²) >= 11 is 13.4. The average Bonchev–Trinajstić information content (AvgIpc) is 2.64. The van der Waals surface area contributed by atoms with E-state index in [9.17, 15) is 0 Å². The van der Waals surface area contributed by atoms with Gasteiger partial charge in [0.05, 0.1) is 9.90 Å². The van der Waals surface area contributed by atoms with Gasteiger partial charge in [-0.3, -0.25) is 0 Å². The van der Waals surface area contributed by atoms with Gasteiger partial charge in [-0.2, -0.15) is 0 Å². The molecule has 0 fully saturated rings. The van der Waals surface area contributed by atoms with Crippen molar-refractivity contribution >= 4 is 34.5 Å². The van der Waals surface area contributed by atoms with Crippen LogP contribution in [0.15, 0.2) is 17.5 Å². The van der Waals surface area contributed by atoms with Crippen molar-refractivity contribution in [1.82, 2.24) is 9.97 Å². The zero-order chi connectivity index (χ0) is 11.7. The Kier molecular flexibility index (Phi) is 3.47. The van der Waals surface area contributed by atoms with E-state index in [0.29, 0.717) is 21.9 Å². The summed E-state index contributed by atoms with van der Waals surface area (Å²) in [5.74, 6) is 0.975. The minimum Gasteiger partial charge on any atom is -0.232 e. The normalized spacial score (nSPS) is 11.1. The molecule has 0 N–H and O–H groups in total. The predicted molar refractivity (Wildman–Crippen MR) is 69.5 cm³/mol. The summed E-state index contributed by atoms with van der Waals surface area (Å²) < 4.78 is 0. The summed E-state index contributed by atoms with van der Waals surface area (Å²) in [6, 6.07) is 3.65. The molecule has 0 aromatic carbocycles. The molecule has 0 bridgehead atoms. The second kappa shape index (κ2) is 4.70. The lowest BCUT2D eigenvalue weighted by Crippen LogP contribution is -1.96. The molecule has 0 spiro atoms. The van der Waals surface area contributed by atoms with Gasteiger partial charge in [-0.15, -0.1) is 11.3 Å². The molecule has 0 unspecified atom stereocenters. The molecule has 0 aliphatic rings. The number of thiophene rings is 1. The fourth-order valence-electron chi connectivity index (χ4n) is 1.27. The maximum absolute atomic E-state index is 5.97. The molecule has 2 aromatic heterocycles. The van der Waals surface area contributed by atoms with Gasteiger partial charge in [0, 0.05) is 11.1 Å². The predicted octanol–water partition coefficient (Wildman–Crippen LogP) is 4.64. The van der Waals surface area contributed by atoms with E-state index in [1.54, 1.807) is 6.07 Å². The Morgan fingerprint density at radius 3 is 2.50 bits per heavy atom. The van der Waals surface area contributed by atoms with E-state index < -0.39 is 0 Å². The Balaban J connectivity index is 2.49. The molecule has 0 amide bonds. The van der Waals surface area contributed by atoms with Crippen LogP contribution < -0.4 is 0 Å². The minimum absolute atomic E-state index is 0.328. The summed E-state index contributed by atoms with van der Waals surface area (Å²) in [7, 11) is 0. The van der Waals surface area contributed by atoms with Crippen molar-refractivity contribution in [2.75, 3.05) is 0 Å². The lowest BCUT2D eigenvalue weighted by molar-refractivity contribution is 0.817. The molecule has 0 saturated heterocycles. The van der Waals surface area contributed by atoms with E-state index in [0.717, 1.165) is 10.6 Å². The van der Waals surface area contributed by atoms with Gasteiger partial charge in [0.1, 0.15) is 5.15 Å². The molecule has 84 valence electrons. The van der Waals surface area contributed by atoms with E-state index >= 15 is 0 Å². The number of halogens is 2. The monoisotopic (exact) mass is 272 g/mol. The highest BCUT2D eigenvalue weighted by Gasteiger charge is 2.10. The largest absolute Gasteiger partial charge is 0.232 e. The third-order valence-corrected chi connectivity index (χ3v) is 3.56. The van der Waals surface area contributed by atoms with Crippen molar-refractivity contribution in [1.29, 1.82) is 0 Å². The third-order valence-electron chi connectivity index (χ3n) is 2.09. The molecule has 0 aliphatic carbocycles. The van der Waals surface area contributed by atoms with Crippen LogP contribution in [0.2, 0.25) is 10.2 Å². The number of rotatable bonds is 2. The topological polar surface area (TPSA) is 25.8 Å². The van der Waals surface area contributed by atoms with E-state index in [1.165, 1.54) is 11.3 Å². The van der Waals surface area contributed by atoms with Crippen LogP contribution in [0.5, 0.6) is 0 Å². The van der Waals surface area contributed by atoms with Gasteiger partial charge >= 0.3 is 0 Å². The van der Waals surface area contributed by atoms with Gasteiger partial charge in [0.15, 0.2) is 5.82 Å². The fraction of sp³-hybridized carbons (Fsp3) is 0.273. The Hall–Kier alpha value is -0.640.